The van der Waals surface area contributed by atoms with Gasteiger partial charge in [0.25, 0.3) is 0 Å². The van der Waals surface area contributed by atoms with Crippen LogP contribution in [-0.2, 0) is 0 Å². The first-order valence-corrected chi connectivity index (χ1v) is 6.96. The van der Waals surface area contributed by atoms with E-state index in [0.29, 0.717) is 12.1 Å². The van der Waals surface area contributed by atoms with E-state index in [9.17, 15) is 4.39 Å². The molecule has 106 valence electrons. The number of rotatable bonds is 3. The summed E-state index contributed by atoms with van der Waals surface area (Å²) < 4.78 is 13.4. The number of halogens is 1. The first-order chi connectivity index (χ1) is 9.04. The number of anilines is 1. The number of nitrogens with zero attached hydrogens (tertiary/aromatic N) is 2. The summed E-state index contributed by atoms with van der Waals surface area (Å²) in [4.78, 5) is 4.48. The molecule has 2 unspecified atom stereocenters. The van der Waals surface area contributed by atoms with Crippen LogP contribution >= 0.6 is 0 Å². The average molecular weight is 265 g/mol. The molecular formula is C15H24FN3. The molecule has 2 rings (SSSR count). The fourth-order valence-corrected chi connectivity index (χ4v) is 2.70. The second kappa shape index (κ2) is 6.35. The summed E-state index contributed by atoms with van der Waals surface area (Å²) >= 11 is 0. The summed E-state index contributed by atoms with van der Waals surface area (Å²) in [7, 11) is 4.17. The van der Waals surface area contributed by atoms with E-state index in [2.05, 4.69) is 36.1 Å². The molecule has 3 nitrogen and oxygen atoms in total. The maximum Gasteiger partial charge on any atom is 0.125 e. The Kier molecular flexibility index (Phi) is 4.77. The molecule has 4 heteroatoms. The Bertz CT molecular complexity index is 408. The molecule has 0 bridgehead atoms. The SMILES string of the molecule is CC1CCN(c2cccc(F)c2)CC(CN(C)C)N1. The lowest BCUT2D eigenvalue weighted by Gasteiger charge is -2.28. The van der Waals surface area contributed by atoms with Crippen molar-refractivity contribution in [2.45, 2.75) is 25.4 Å². The Hall–Kier alpha value is -1.13. The first-order valence-electron chi connectivity index (χ1n) is 6.96. The van der Waals surface area contributed by atoms with E-state index in [1.54, 1.807) is 12.1 Å². The third-order valence-corrected chi connectivity index (χ3v) is 3.55. The van der Waals surface area contributed by atoms with Crippen LogP contribution in [0.5, 0.6) is 0 Å². The van der Waals surface area contributed by atoms with Gasteiger partial charge in [-0.25, -0.2) is 4.39 Å². The smallest absolute Gasteiger partial charge is 0.125 e. The molecule has 0 aromatic heterocycles. The molecule has 1 aromatic rings. The van der Waals surface area contributed by atoms with Crippen LogP contribution < -0.4 is 10.2 Å². The predicted molar refractivity (Wildman–Crippen MR) is 78.2 cm³/mol. The molecule has 1 aromatic carbocycles. The summed E-state index contributed by atoms with van der Waals surface area (Å²) in [5, 5.41) is 3.65. The molecule has 1 heterocycles. The summed E-state index contributed by atoms with van der Waals surface area (Å²) in [6.07, 6.45) is 1.08. The van der Waals surface area contributed by atoms with Crippen LogP contribution in [0.1, 0.15) is 13.3 Å². The molecule has 1 aliphatic rings. The second-order valence-corrected chi connectivity index (χ2v) is 5.74. The van der Waals surface area contributed by atoms with E-state index in [1.807, 2.05) is 6.07 Å². The summed E-state index contributed by atoms with van der Waals surface area (Å²) in [5.74, 6) is -0.160. The van der Waals surface area contributed by atoms with Crippen molar-refractivity contribution in [1.29, 1.82) is 0 Å². The lowest BCUT2D eigenvalue weighted by atomic mass is 10.2. The lowest BCUT2D eigenvalue weighted by Crippen LogP contribution is -2.46. The van der Waals surface area contributed by atoms with Crippen LogP contribution in [0.25, 0.3) is 0 Å². The highest BCUT2D eigenvalue weighted by atomic mass is 19.1. The minimum atomic E-state index is -0.160. The van der Waals surface area contributed by atoms with Crippen molar-refractivity contribution in [3.05, 3.63) is 30.1 Å². The Morgan fingerprint density at radius 1 is 1.42 bits per heavy atom. The third-order valence-electron chi connectivity index (χ3n) is 3.55. The first kappa shape index (κ1) is 14.3. The van der Waals surface area contributed by atoms with Gasteiger partial charge in [0, 0.05) is 37.4 Å². The third kappa shape index (κ3) is 4.18. The topological polar surface area (TPSA) is 18.5 Å². The monoisotopic (exact) mass is 265 g/mol. The van der Waals surface area contributed by atoms with E-state index < -0.39 is 0 Å². The van der Waals surface area contributed by atoms with Crippen LogP contribution in [0.2, 0.25) is 0 Å². The van der Waals surface area contributed by atoms with Crippen molar-refractivity contribution in [3.8, 4) is 0 Å². The largest absolute Gasteiger partial charge is 0.370 e. The Morgan fingerprint density at radius 3 is 2.89 bits per heavy atom. The molecule has 0 aliphatic carbocycles. The molecule has 0 amide bonds. The molecule has 1 saturated heterocycles. The van der Waals surface area contributed by atoms with Gasteiger partial charge in [-0.05, 0) is 45.6 Å². The quantitative estimate of drug-likeness (QED) is 0.901. The molecule has 2 atom stereocenters. The molecule has 0 radical (unpaired) electrons. The standard InChI is InChI=1S/C15H24FN3/c1-12-7-8-19(11-14(17-12)10-18(2)3)15-6-4-5-13(16)9-15/h4-6,9,12,14,17H,7-8,10-11H2,1-3H3. The molecule has 1 N–H and O–H groups in total. The highest BCUT2D eigenvalue weighted by molar-refractivity contribution is 5.46. The van der Waals surface area contributed by atoms with Crippen LogP contribution in [0, 0.1) is 5.82 Å². The summed E-state index contributed by atoms with van der Waals surface area (Å²) in [6.45, 7) is 5.11. The van der Waals surface area contributed by atoms with Crippen molar-refractivity contribution in [3.63, 3.8) is 0 Å². The number of benzene rings is 1. The molecular weight excluding hydrogens is 241 g/mol. The highest BCUT2D eigenvalue weighted by Gasteiger charge is 2.22. The zero-order valence-corrected chi connectivity index (χ0v) is 12.1. The average Bonchev–Trinajstić information content (AvgIpc) is 2.50. The fourth-order valence-electron chi connectivity index (χ4n) is 2.70. The van der Waals surface area contributed by atoms with Gasteiger partial charge in [-0.15, -0.1) is 0 Å². The number of likely N-dealkylation sites (N-methyl/N-ethyl adjacent to an activating group) is 1. The molecule has 0 spiro atoms. The van der Waals surface area contributed by atoms with Crippen LogP contribution in [0.15, 0.2) is 24.3 Å². The highest BCUT2D eigenvalue weighted by Crippen LogP contribution is 2.18. The van der Waals surface area contributed by atoms with E-state index >= 15 is 0 Å². The molecule has 1 fully saturated rings. The van der Waals surface area contributed by atoms with Gasteiger partial charge in [0.2, 0.25) is 0 Å². The summed E-state index contributed by atoms with van der Waals surface area (Å²) in [6, 6.07) is 7.82. The van der Waals surface area contributed by atoms with Crippen LogP contribution in [0.4, 0.5) is 10.1 Å². The minimum absolute atomic E-state index is 0.160. The van der Waals surface area contributed by atoms with Crippen LogP contribution in [-0.4, -0.2) is 50.7 Å². The van der Waals surface area contributed by atoms with Crippen molar-refractivity contribution < 1.29 is 4.39 Å². The zero-order valence-electron chi connectivity index (χ0n) is 12.1. The van der Waals surface area contributed by atoms with Crippen LogP contribution in [0.3, 0.4) is 0 Å². The van der Waals surface area contributed by atoms with Gasteiger partial charge in [0.1, 0.15) is 5.82 Å². The second-order valence-electron chi connectivity index (χ2n) is 5.74. The molecule has 19 heavy (non-hydrogen) atoms. The molecule has 0 saturated carbocycles. The van der Waals surface area contributed by atoms with E-state index in [4.69, 9.17) is 0 Å². The fraction of sp³-hybridized carbons (Fsp3) is 0.600. The van der Waals surface area contributed by atoms with Gasteiger partial charge in [-0.3, -0.25) is 0 Å². The minimum Gasteiger partial charge on any atom is -0.370 e. The van der Waals surface area contributed by atoms with Gasteiger partial charge in [0.15, 0.2) is 0 Å². The maximum absolute atomic E-state index is 13.4. The summed E-state index contributed by atoms with van der Waals surface area (Å²) in [5.41, 5.74) is 0.986. The Morgan fingerprint density at radius 2 is 2.21 bits per heavy atom. The number of hydrogen-bond donors (Lipinski definition) is 1. The predicted octanol–water partition coefficient (Wildman–Crippen LogP) is 1.94. The van der Waals surface area contributed by atoms with E-state index in [0.717, 1.165) is 31.7 Å². The van der Waals surface area contributed by atoms with Gasteiger partial charge in [-0.2, -0.15) is 0 Å². The molecule has 1 aliphatic heterocycles. The maximum atomic E-state index is 13.4. The Balaban J connectivity index is 2.11. The normalized spacial score (nSPS) is 24.6. The lowest BCUT2D eigenvalue weighted by molar-refractivity contribution is 0.330. The van der Waals surface area contributed by atoms with Gasteiger partial charge in [0.05, 0.1) is 0 Å². The van der Waals surface area contributed by atoms with Crippen molar-refractivity contribution in [2.24, 2.45) is 0 Å². The van der Waals surface area contributed by atoms with Crippen molar-refractivity contribution >= 4 is 5.69 Å². The number of nitrogens with one attached hydrogen (secondary N) is 1. The van der Waals surface area contributed by atoms with Gasteiger partial charge >= 0.3 is 0 Å². The van der Waals surface area contributed by atoms with Crippen molar-refractivity contribution in [1.82, 2.24) is 10.2 Å². The number of hydrogen-bond acceptors (Lipinski definition) is 3. The van der Waals surface area contributed by atoms with Gasteiger partial charge < -0.3 is 15.1 Å². The van der Waals surface area contributed by atoms with Crippen molar-refractivity contribution in [2.75, 3.05) is 38.6 Å². The zero-order chi connectivity index (χ0) is 13.8. The van der Waals surface area contributed by atoms with E-state index in [-0.39, 0.29) is 5.82 Å². The van der Waals surface area contributed by atoms with E-state index in [1.165, 1.54) is 6.07 Å². The van der Waals surface area contributed by atoms with Gasteiger partial charge in [-0.1, -0.05) is 6.07 Å². The Labute approximate surface area is 115 Å².